The van der Waals surface area contributed by atoms with E-state index in [4.69, 9.17) is 9.47 Å². The Morgan fingerprint density at radius 2 is 2.24 bits per heavy atom. The smallest absolute Gasteiger partial charge is 0.119 e. The SMILES string of the molecule is C=Cc1ccc(OCC2C3OCC23CC)cc1. The Hall–Kier alpha value is -1.28. The van der Waals surface area contributed by atoms with Gasteiger partial charge in [0.25, 0.3) is 0 Å². The van der Waals surface area contributed by atoms with Gasteiger partial charge in [0.05, 0.1) is 19.3 Å². The van der Waals surface area contributed by atoms with Gasteiger partial charge in [-0.15, -0.1) is 0 Å². The van der Waals surface area contributed by atoms with E-state index in [1.165, 1.54) is 6.42 Å². The molecule has 1 aliphatic heterocycles. The summed E-state index contributed by atoms with van der Waals surface area (Å²) in [5.41, 5.74) is 1.58. The molecule has 2 nitrogen and oxygen atoms in total. The second-order valence-corrected chi connectivity index (χ2v) is 5.01. The molecule has 2 aliphatic rings. The lowest BCUT2D eigenvalue weighted by Gasteiger charge is -2.23. The van der Waals surface area contributed by atoms with Gasteiger partial charge >= 0.3 is 0 Å². The van der Waals surface area contributed by atoms with Crippen LogP contribution >= 0.6 is 0 Å². The Kier molecular flexibility index (Phi) is 2.48. The number of hydrogen-bond acceptors (Lipinski definition) is 2. The Morgan fingerprint density at radius 3 is 2.71 bits per heavy atom. The number of benzene rings is 1. The van der Waals surface area contributed by atoms with Crippen molar-refractivity contribution in [1.29, 1.82) is 0 Å². The molecule has 1 aromatic rings. The van der Waals surface area contributed by atoms with Crippen molar-refractivity contribution in [3.8, 4) is 5.75 Å². The fraction of sp³-hybridized carbons (Fsp3) is 0.467. The standard InChI is InChI=1S/C15H18O2/c1-3-11-5-7-12(8-6-11)16-9-13-14-15(13,4-2)10-17-14/h3,5-8,13-14H,1,4,9-10H2,2H3. The largest absolute Gasteiger partial charge is 0.493 e. The molecule has 1 heterocycles. The van der Waals surface area contributed by atoms with Crippen LogP contribution in [0.5, 0.6) is 5.75 Å². The van der Waals surface area contributed by atoms with Gasteiger partial charge in [0.15, 0.2) is 0 Å². The summed E-state index contributed by atoms with van der Waals surface area (Å²) in [6.45, 7) is 7.69. The molecule has 3 unspecified atom stereocenters. The Balaban J connectivity index is 1.56. The topological polar surface area (TPSA) is 18.5 Å². The van der Waals surface area contributed by atoms with E-state index in [1.54, 1.807) is 0 Å². The molecule has 1 saturated carbocycles. The summed E-state index contributed by atoms with van der Waals surface area (Å²) in [5, 5.41) is 0. The zero-order valence-electron chi connectivity index (χ0n) is 10.2. The van der Waals surface area contributed by atoms with Gasteiger partial charge in [0, 0.05) is 11.3 Å². The fourth-order valence-corrected chi connectivity index (χ4v) is 2.86. The van der Waals surface area contributed by atoms with E-state index in [2.05, 4.69) is 13.5 Å². The highest BCUT2D eigenvalue weighted by Crippen LogP contribution is 2.64. The molecule has 2 heteroatoms. The molecular weight excluding hydrogens is 212 g/mol. The highest BCUT2D eigenvalue weighted by atomic mass is 16.5. The van der Waals surface area contributed by atoms with Crippen molar-refractivity contribution < 1.29 is 9.47 Å². The molecule has 1 aromatic carbocycles. The maximum Gasteiger partial charge on any atom is 0.119 e. The minimum Gasteiger partial charge on any atom is -0.493 e. The second-order valence-electron chi connectivity index (χ2n) is 5.01. The quantitative estimate of drug-likeness (QED) is 0.773. The van der Waals surface area contributed by atoms with E-state index in [-0.39, 0.29) is 0 Å². The predicted octanol–water partition coefficient (Wildman–Crippen LogP) is 3.13. The number of hydrogen-bond donors (Lipinski definition) is 0. The van der Waals surface area contributed by atoms with Crippen LogP contribution in [0.1, 0.15) is 18.9 Å². The Morgan fingerprint density at radius 1 is 1.47 bits per heavy atom. The second kappa shape index (κ2) is 3.88. The van der Waals surface area contributed by atoms with Crippen LogP contribution in [0.2, 0.25) is 0 Å². The zero-order valence-corrected chi connectivity index (χ0v) is 10.2. The monoisotopic (exact) mass is 230 g/mol. The lowest BCUT2D eigenvalue weighted by molar-refractivity contribution is -0.0365. The van der Waals surface area contributed by atoms with Crippen molar-refractivity contribution in [3.63, 3.8) is 0 Å². The van der Waals surface area contributed by atoms with E-state index in [0.29, 0.717) is 17.4 Å². The van der Waals surface area contributed by atoms with Gasteiger partial charge in [-0.25, -0.2) is 0 Å². The molecule has 0 radical (unpaired) electrons. The average Bonchev–Trinajstić information content (AvgIpc) is 2.82. The van der Waals surface area contributed by atoms with Gasteiger partial charge in [-0.2, -0.15) is 0 Å². The molecule has 0 amide bonds. The molecule has 0 N–H and O–H groups in total. The third kappa shape index (κ3) is 1.59. The van der Waals surface area contributed by atoms with E-state index >= 15 is 0 Å². The lowest BCUT2D eigenvalue weighted by atomic mass is 9.99. The van der Waals surface area contributed by atoms with Crippen LogP contribution in [0.15, 0.2) is 30.8 Å². The molecule has 3 atom stereocenters. The molecule has 1 aliphatic carbocycles. The van der Waals surface area contributed by atoms with Crippen molar-refractivity contribution in [2.24, 2.45) is 11.3 Å². The van der Waals surface area contributed by atoms with E-state index in [9.17, 15) is 0 Å². The summed E-state index contributed by atoms with van der Waals surface area (Å²) in [6, 6.07) is 8.05. The maximum atomic E-state index is 5.82. The first-order valence-electron chi connectivity index (χ1n) is 6.27. The first-order chi connectivity index (χ1) is 8.30. The highest BCUT2D eigenvalue weighted by molar-refractivity contribution is 5.48. The van der Waals surface area contributed by atoms with Crippen molar-refractivity contribution in [2.45, 2.75) is 19.4 Å². The van der Waals surface area contributed by atoms with Crippen LogP contribution in [0.3, 0.4) is 0 Å². The molecule has 1 saturated heterocycles. The molecule has 3 rings (SSSR count). The third-order valence-electron chi connectivity index (χ3n) is 4.30. The van der Waals surface area contributed by atoms with Gasteiger partial charge in [-0.1, -0.05) is 31.7 Å². The summed E-state index contributed by atoms with van der Waals surface area (Å²) in [7, 11) is 0. The lowest BCUT2D eigenvalue weighted by Crippen LogP contribution is -2.26. The van der Waals surface area contributed by atoms with Crippen LogP contribution in [0.25, 0.3) is 6.08 Å². The van der Waals surface area contributed by atoms with Crippen LogP contribution in [0.4, 0.5) is 0 Å². The minimum atomic E-state index is 0.459. The fourth-order valence-electron chi connectivity index (χ4n) is 2.86. The molecule has 17 heavy (non-hydrogen) atoms. The number of rotatable bonds is 5. The number of fused-ring (bicyclic) bond motifs is 1. The molecule has 0 aromatic heterocycles. The zero-order chi connectivity index (χ0) is 11.9. The summed E-state index contributed by atoms with van der Waals surface area (Å²) < 4.78 is 11.4. The normalized spacial score (nSPS) is 33.5. The van der Waals surface area contributed by atoms with Crippen molar-refractivity contribution in [1.82, 2.24) is 0 Å². The molecule has 0 bridgehead atoms. The Labute approximate surface area is 102 Å². The van der Waals surface area contributed by atoms with Gasteiger partial charge in [0.1, 0.15) is 5.75 Å². The summed E-state index contributed by atoms with van der Waals surface area (Å²) >= 11 is 0. The van der Waals surface area contributed by atoms with Gasteiger partial charge in [-0.05, 0) is 24.1 Å². The summed E-state index contributed by atoms with van der Waals surface area (Å²) in [6.07, 6.45) is 3.52. The maximum absolute atomic E-state index is 5.82. The molecular formula is C15H18O2. The van der Waals surface area contributed by atoms with Crippen molar-refractivity contribution in [2.75, 3.05) is 13.2 Å². The van der Waals surface area contributed by atoms with E-state index < -0.39 is 0 Å². The van der Waals surface area contributed by atoms with Crippen LogP contribution in [-0.2, 0) is 4.74 Å². The van der Waals surface area contributed by atoms with E-state index in [0.717, 1.165) is 24.5 Å². The molecule has 90 valence electrons. The van der Waals surface area contributed by atoms with Crippen molar-refractivity contribution in [3.05, 3.63) is 36.4 Å². The highest BCUT2D eigenvalue weighted by Gasteiger charge is 2.71. The molecule has 0 spiro atoms. The van der Waals surface area contributed by atoms with Crippen molar-refractivity contribution >= 4 is 6.08 Å². The van der Waals surface area contributed by atoms with Gasteiger partial charge in [0.2, 0.25) is 0 Å². The third-order valence-corrected chi connectivity index (χ3v) is 4.30. The number of ether oxygens (including phenoxy) is 2. The Bertz CT molecular complexity index is 419. The average molecular weight is 230 g/mol. The van der Waals surface area contributed by atoms with Crippen LogP contribution in [0, 0.1) is 11.3 Å². The summed E-state index contributed by atoms with van der Waals surface area (Å²) in [4.78, 5) is 0. The van der Waals surface area contributed by atoms with Crippen LogP contribution < -0.4 is 4.74 Å². The minimum absolute atomic E-state index is 0.459. The van der Waals surface area contributed by atoms with Gasteiger partial charge in [-0.3, -0.25) is 0 Å². The first kappa shape index (κ1) is 10.8. The van der Waals surface area contributed by atoms with Crippen LogP contribution in [-0.4, -0.2) is 19.3 Å². The van der Waals surface area contributed by atoms with Gasteiger partial charge < -0.3 is 9.47 Å². The van der Waals surface area contributed by atoms with E-state index in [1.807, 2.05) is 30.3 Å². The predicted molar refractivity (Wildman–Crippen MR) is 68.0 cm³/mol. The first-order valence-corrected chi connectivity index (χ1v) is 6.27. The summed E-state index contributed by atoms with van der Waals surface area (Å²) in [5.74, 6) is 1.54. The molecule has 2 fully saturated rings.